The third kappa shape index (κ3) is 5.15. The average molecular weight is 514 g/mol. The number of nitrogens with zero attached hydrogens (tertiary/aromatic N) is 1. The summed E-state index contributed by atoms with van der Waals surface area (Å²) < 4.78 is 17.5. The fourth-order valence-electron chi connectivity index (χ4n) is 4.94. The number of Topliss-reactive ketones (excluding diaryl/α,β-unsaturated/α-hetero) is 1. The molecule has 0 bridgehead atoms. The van der Waals surface area contributed by atoms with Crippen LogP contribution in [0.3, 0.4) is 0 Å². The van der Waals surface area contributed by atoms with Gasteiger partial charge in [-0.3, -0.25) is 9.59 Å². The summed E-state index contributed by atoms with van der Waals surface area (Å²) in [6, 6.07) is 21.2. The molecule has 0 spiro atoms. The Balaban J connectivity index is 1.56. The number of ketones is 1. The van der Waals surface area contributed by atoms with Crippen LogP contribution in [0.5, 0.6) is 17.2 Å². The van der Waals surface area contributed by atoms with Gasteiger partial charge in [-0.15, -0.1) is 0 Å². The van der Waals surface area contributed by atoms with Gasteiger partial charge in [0.2, 0.25) is 0 Å². The molecule has 38 heavy (non-hydrogen) atoms. The first-order valence-corrected chi connectivity index (χ1v) is 12.8. The van der Waals surface area contributed by atoms with Crippen LogP contribution < -0.4 is 9.47 Å². The predicted molar refractivity (Wildman–Crippen MR) is 143 cm³/mol. The normalized spacial score (nSPS) is 20.1. The first-order chi connectivity index (χ1) is 18.3. The average Bonchev–Trinajstić information content (AvgIpc) is 3.40. The van der Waals surface area contributed by atoms with Crippen molar-refractivity contribution in [2.75, 3.05) is 13.2 Å². The zero-order valence-corrected chi connectivity index (χ0v) is 21.7. The molecule has 1 fully saturated rings. The Hall–Kier alpha value is -4.10. The lowest BCUT2D eigenvalue weighted by molar-refractivity contribution is -0.140. The summed E-state index contributed by atoms with van der Waals surface area (Å²) in [5.74, 6) is 0.382. The van der Waals surface area contributed by atoms with Gasteiger partial charge in [-0.25, -0.2) is 0 Å². The first kappa shape index (κ1) is 25.5. The number of hydrogen-bond acceptors (Lipinski definition) is 6. The van der Waals surface area contributed by atoms with E-state index in [1.54, 1.807) is 18.2 Å². The largest absolute Gasteiger partial charge is 0.507 e. The molecule has 0 aliphatic carbocycles. The maximum atomic E-state index is 13.4. The molecule has 2 unspecified atom stereocenters. The second-order valence-electron chi connectivity index (χ2n) is 9.85. The topological polar surface area (TPSA) is 85.3 Å². The fourth-order valence-corrected chi connectivity index (χ4v) is 4.94. The van der Waals surface area contributed by atoms with Crippen molar-refractivity contribution in [1.82, 2.24) is 4.90 Å². The van der Waals surface area contributed by atoms with Gasteiger partial charge in [-0.1, -0.05) is 30.3 Å². The highest BCUT2D eigenvalue weighted by molar-refractivity contribution is 6.46. The van der Waals surface area contributed by atoms with Crippen molar-refractivity contribution in [1.29, 1.82) is 0 Å². The quantitative estimate of drug-likeness (QED) is 0.238. The molecule has 7 nitrogen and oxygen atoms in total. The number of fused-ring (bicyclic) bond motifs is 1. The van der Waals surface area contributed by atoms with Crippen LogP contribution in [0.4, 0.5) is 0 Å². The molecular formula is C31H31NO6. The van der Waals surface area contributed by atoms with Gasteiger partial charge in [0.25, 0.3) is 11.7 Å². The molecule has 0 saturated carbocycles. The number of likely N-dealkylation sites (tertiary alicyclic amines) is 1. The molecular weight excluding hydrogens is 482 g/mol. The number of hydrogen-bond donors (Lipinski definition) is 1. The minimum Gasteiger partial charge on any atom is -0.507 e. The summed E-state index contributed by atoms with van der Waals surface area (Å²) >= 11 is 0. The molecule has 2 aliphatic rings. The van der Waals surface area contributed by atoms with Crippen LogP contribution in [0.1, 0.15) is 43.5 Å². The van der Waals surface area contributed by atoms with Gasteiger partial charge in [0.05, 0.1) is 24.3 Å². The number of carbonyl (C=O) groups excluding carboxylic acids is 2. The van der Waals surface area contributed by atoms with Crippen LogP contribution in [-0.4, -0.2) is 47.1 Å². The van der Waals surface area contributed by atoms with E-state index in [0.717, 1.165) is 11.3 Å². The number of aliphatic hydroxyl groups is 1. The van der Waals surface area contributed by atoms with Gasteiger partial charge in [0.1, 0.15) is 29.1 Å². The standard InChI is InChI=1S/C31H31NO6/c1-19(2)36-15-14-32-28(21-8-7-11-25(18-21)38-24-9-5-4-6-10-24)27(30(34)31(32)35)29(33)22-12-13-26-23(17-22)16-20(3)37-26/h4-13,17-20,28,33H,14-16H2,1-3H3/b29-27-. The van der Waals surface area contributed by atoms with E-state index in [0.29, 0.717) is 29.0 Å². The molecule has 3 aromatic rings. The minimum atomic E-state index is -0.798. The second kappa shape index (κ2) is 10.7. The van der Waals surface area contributed by atoms with Crippen LogP contribution in [0.15, 0.2) is 78.4 Å². The van der Waals surface area contributed by atoms with Crippen LogP contribution in [0.2, 0.25) is 0 Å². The summed E-state index contributed by atoms with van der Waals surface area (Å²) in [6.45, 7) is 6.26. The van der Waals surface area contributed by atoms with E-state index in [2.05, 4.69) is 0 Å². The number of benzene rings is 3. The summed E-state index contributed by atoms with van der Waals surface area (Å²) in [7, 11) is 0. The maximum Gasteiger partial charge on any atom is 0.295 e. The van der Waals surface area contributed by atoms with Gasteiger partial charge >= 0.3 is 0 Å². The highest BCUT2D eigenvalue weighted by atomic mass is 16.5. The van der Waals surface area contributed by atoms with Gasteiger partial charge in [0.15, 0.2) is 0 Å². The molecule has 0 aromatic heterocycles. The molecule has 1 N–H and O–H groups in total. The number of rotatable bonds is 8. The summed E-state index contributed by atoms with van der Waals surface area (Å²) in [5, 5.41) is 11.4. The van der Waals surface area contributed by atoms with Crippen LogP contribution >= 0.6 is 0 Å². The molecule has 2 aliphatic heterocycles. The van der Waals surface area contributed by atoms with Crippen molar-refractivity contribution < 1.29 is 28.9 Å². The summed E-state index contributed by atoms with van der Waals surface area (Å²) in [6.07, 6.45) is 0.727. The van der Waals surface area contributed by atoms with Crippen molar-refractivity contribution in [3.63, 3.8) is 0 Å². The SMILES string of the molecule is CC(C)OCCN1C(=O)C(=O)/C(=C(\O)c2ccc3c(c2)CC(C)O3)C1c1cccc(Oc2ccccc2)c1. The van der Waals surface area contributed by atoms with E-state index < -0.39 is 17.7 Å². The van der Waals surface area contributed by atoms with Gasteiger partial charge in [0, 0.05) is 18.5 Å². The highest BCUT2D eigenvalue weighted by Crippen LogP contribution is 2.41. The fraction of sp³-hybridized carbons (Fsp3) is 0.290. The molecule has 7 heteroatoms. The zero-order chi connectivity index (χ0) is 26.8. The molecule has 2 atom stereocenters. The lowest BCUT2D eigenvalue weighted by Gasteiger charge is -2.26. The minimum absolute atomic E-state index is 0.0242. The van der Waals surface area contributed by atoms with Gasteiger partial charge < -0.3 is 24.2 Å². The Morgan fingerprint density at radius 2 is 1.79 bits per heavy atom. The number of ether oxygens (including phenoxy) is 3. The van der Waals surface area contributed by atoms with Gasteiger partial charge in [-0.2, -0.15) is 0 Å². The Labute approximate surface area is 222 Å². The molecule has 5 rings (SSSR count). The monoisotopic (exact) mass is 513 g/mol. The lowest BCUT2D eigenvalue weighted by atomic mass is 9.94. The van der Waals surface area contributed by atoms with Crippen molar-refractivity contribution in [2.24, 2.45) is 0 Å². The van der Waals surface area contributed by atoms with E-state index in [9.17, 15) is 14.7 Å². The zero-order valence-electron chi connectivity index (χ0n) is 21.7. The Morgan fingerprint density at radius 1 is 1.03 bits per heavy atom. The van der Waals surface area contributed by atoms with E-state index in [-0.39, 0.29) is 36.7 Å². The summed E-state index contributed by atoms with van der Waals surface area (Å²) in [4.78, 5) is 28.1. The Morgan fingerprint density at radius 3 is 2.55 bits per heavy atom. The van der Waals surface area contributed by atoms with Gasteiger partial charge in [-0.05, 0) is 74.4 Å². The van der Waals surface area contributed by atoms with E-state index in [1.165, 1.54) is 4.90 Å². The van der Waals surface area contributed by atoms with E-state index in [4.69, 9.17) is 14.2 Å². The molecule has 0 radical (unpaired) electrons. The number of aliphatic hydroxyl groups excluding tert-OH is 1. The highest BCUT2D eigenvalue weighted by Gasteiger charge is 2.46. The third-order valence-electron chi connectivity index (χ3n) is 6.65. The summed E-state index contributed by atoms with van der Waals surface area (Å²) in [5.41, 5.74) is 2.13. The number of carbonyl (C=O) groups is 2. The second-order valence-corrected chi connectivity index (χ2v) is 9.85. The maximum absolute atomic E-state index is 13.4. The number of amides is 1. The van der Waals surface area contributed by atoms with E-state index in [1.807, 2.05) is 75.4 Å². The van der Waals surface area contributed by atoms with Crippen molar-refractivity contribution in [3.8, 4) is 17.2 Å². The molecule has 2 heterocycles. The number of para-hydroxylation sites is 1. The predicted octanol–water partition coefficient (Wildman–Crippen LogP) is 5.65. The van der Waals surface area contributed by atoms with Crippen LogP contribution in [-0.2, 0) is 20.7 Å². The van der Waals surface area contributed by atoms with Crippen molar-refractivity contribution in [2.45, 2.75) is 45.4 Å². The smallest absolute Gasteiger partial charge is 0.295 e. The molecule has 196 valence electrons. The first-order valence-electron chi connectivity index (χ1n) is 12.8. The molecule has 3 aromatic carbocycles. The van der Waals surface area contributed by atoms with Crippen molar-refractivity contribution >= 4 is 17.4 Å². The molecule has 1 saturated heterocycles. The Bertz CT molecular complexity index is 1380. The lowest BCUT2D eigenvalue weighted by Crippen LogP contribution is -2.33. The van der Waals surface area contributed by atoms with Crippen LogP contribution in [0.25, 0.3) is 5.76 Å². The molecule has 1 amide bonds. The third-order valence-corrected chi connectivity index (χ3v) is 6.65. The van der Waals surface area contributed by atoms with Crippen molar-refractivity contribution in [3.05, 3.63) is 95.1 Å². The Kier molecular flexibility index (Phi) is 7.20. The van der Waals surface area contributed by atoms with E-state index >= 15 is 0 Å². The van der Waals surface area contributed by atoms with Crippen LogP contribution in [0, 0.1) is 0 Å².